The smallest absolute Gasteiger partial charge is 0.274 e. The molecular formula is C12H10BrN3O3. The first-order chi connectivity index (χ1) is 8.95. The second-order valence-corrected chi connectivity index (χ2v) is 4.83. The molecule has 0 amide bonds. The van der Waals surface area contributed by atoms with E-state index in [4.69, 9.17) is 10.5 Å². The number of anilines is 1. The zero-order chi connectivity index (χ0) is 14.0. The molecule has 1 aromatic carbocycles. The highest BCUT2D eigenvalue weighted by atomic mass is 79.9. The minimum absolute atomic E-state index is 0.0740. The standard InChI is InChI=1S/C12H10BrN3O3/c1-7-2-11(14)12(15-6-7)19-10-4-8(13)3-9(5-10)16(17)18/h2-6H,14H2,1H3. The van der Waals surface area contributed by atoms with Crippen molar-refractivity contribution in [1.82, 2.24) is 4.98 Å². The van der Waals surface area contributed by atoms with Gasteiger partial charge in [-0.25, -0.2) is 4.98 Å². The number of rotatable bonds is 3. The quantitative estimate of drug-likeness (QED) is 0.690. The number of benzene rings is 1. The number of nitro benzene ring substituents is 1. The fourth-order valence-electron chi connectivity index (χ4n) is 1.49. The Kier molecular flexibility index (Phi) is 3.66. The van der Waals surface area contributed by atoms with Gasteiger partial charge in [0.25, 0.3) is 5.69 Å². The van der Waals surface area contributed by atoms with Crippen molar-refractivity contribution in [2.45, 2.75) is 6.92 Å². The topological polar surface area (TPSA) is 91.3 Å². The van der Waals surface area contributed by atoms with Gasteiger partial charge < -0.3 is 10.5 Å². The first-order valence-corrected chi connectivity index (χ1v) is 6.10. The molecule has 0 saturated carbocycles. The van der Waals surface area contributed by atoms with E-state index in [0.29, 0.717) is 15.9 Å². The molecule has 0 atom stereocenters. The maximum absolute atomic E-state index is 10.8. The Hall–Kier alpha value is -2.15. The van der Waals surface area contributed by atoms with E-state index in [1.165, 1.54) is 12.1 Å². The lowest BCUT2D eigenvalue weighted by molar-refractivity contribution is -0.385. The summed E-state index contributed by atoms with van der Waals surface area (Å²) in [5, 5.41) is 10.8. The molecule has 1 heterocycles. The largest absolute Gasteiger partial charge is 0.437 e. The van der Waals surface area contributed by atoms with Crippen LogP contribution in [0.1, 0.15) is 5.56 Å². The van der Waals surface area contributed by atoms with Crippen molar-refractivity contribution >= 4 is 27.3 Å². The third-order valence-corrected chi connectivity index (χ3v) is 2.75. The number of ether oxygens (including phenoxy) is 1. The summed E-state index contributed by atoms with van der Waals surface area (Å²) < 4.78 is 6.01. The van der Waals surface area contributed by atoms with E-state index < -0.39 is 4.92 Å². The SMILES string of the molecule is Cc1cnc(Oc2cc(Br)cc([N+](=O)[O-])c2)c(N)c1. The maximum atomic E-state index is 10.8. The molecule has 0 bridgehead atoms. The molecule has 2 N–H and O–H groups in total. The van der Waals surface area contributed by atoms with Crippen LogP contribution in [0.5, 0.6) is 11.6 Å². The number of halogens is 1. The number of nitrogens with zero attached hydrogens (tertiary/aromatic N) is 2. The van der Waals surface area contributed by atoms with E-state index >= 15 is 0 Å². The number of aromatic nitrogens is 1. The van der Waals surface area contributed by atoms with E-state index in [-0.39, 0.29) is 11.6 Å². The van der Waals surface area contributed by atoms with Crippen molar-refractivity contribution in [1.29, 1.82) is 0 Å². The van der Waals surface area contributed by atoms with Crippen LogP contribution in [0.3, 0.4) is 0 Å². The average Bonchev–Trinajstić information content (AvgIpc) is 2.32. The Bertz CT molecular complexity index is 646. The minimum atomic E-state index is -0.496. The Morgan fingerprint density at radius 1 is 1.37 bits per heavy atom. The lowest BCUT2D eigenvalue weighted by Crippen LogP contribution is -1.96. The second kappa shape index (κ2) is 5.23. The maximum Gasteiger partial charge on any atom is 0.274 e. The molecule has 98 valence electrons. The molecule has 7 heteroatoms. The molecule has 0 aliphatic carbocycles. The summed E-state index contributed by atoms with van der Waals surface area (Å²) in [5.41, 5.74) is 6.98. The number of pyridine rings is 1. The number of hydrogen-bond donors (Lipinski definition) is 1. The Balaban J connectivity index is 2.35. The number of non-ortho nitro benzene ring substituents is 1. The number of nitrogens with two attached hydrogens (primary N) is 1. The highest BCUT2D eigenvalue weighted by Crippen LogP contribution is 2.31. The van der Waals surface area contributed by atoms with E-state index in [1.54, 1.807) is 18.3 Å². The first-order valence-electron chi connectivity index (χ1n) is 5.30. The van der Waals surface area contributed by atoms with Crippen LogP contribution in [-0.2, 0) is 0 Å². The van der Waals surface area contributed by atoms with E-state index in [0.717, 1.165) is 5.56 Å². The van der Waals surface area contributed by atoms with Crippen LogP contribution in [0, 0.1) is 17.0 Å². The molecular weight excluding hydrogens is 314 g/mol. The summed E-state index contributed by atoms with van der Waals surface area (Å²) in [4.78, 5) is 14.3. The monoisotopic (exact) mass is 323 g/mol. The van der Waals surface area contributed by atoms with Crippen LogP contribution in [-0.4, -0.2) is 9.91 Å². The Morgan fingerprint density at radius 2 is 2.11 bits per heavy atom. The summed E-state index contributed by atoms with van der Waals surface area (Å²) in [6.45, 7) is 1.86. The summed E-state index contributed by atoms with van der Waals surface area (Å²) in [5.74, 6) is 0.516. The zero-order valence-corrected chi connectivity index (χ0v) is 11.5. The van der Waals surface area contributed by atoms with Gasteiger partial charge in [-0.05, 0) is 24.6 Å². The number of nitrogen functional groups attached to an aromatic ring is 1. The van der Waals surface area contributed by atoms with Crippen LogP contribution >= 0.6 is 15.9 Å². The van der Waals surface area contributed by atoms with E-state index in [9.17, 15) is 10.1 Å². The summed E-state index contributed by atoms with van der Waals surface area (Å²) in [6, 6.07) is 6.02. The van der Waals surface area contributed by atoms with E-state index in [1.807, 2.05) is 6.92 Å². The van der Waals surface area contributed by atoms with Gasteiger partial charge in [0, 0.05) is 16.7 Å². The molecule has 0 saturated heterocycles. The molecule has 0 aliphatic heterocycles. The van der Waals surface area contributed by atoms with Gasteiger partial charge in [-0.15, -0.1) is 0 Å². The molecule has 0 fully saturated rings. The summed E-state index contributed by atoms with van der Waals surface area (Å²) >= 11 is 3.19. The van der Waals surface area contributed by atoms with Gasteiger partial charge in [0.15, 0.2) is 0 Å². The zero-order valence-electron chi connectivity index (χ0n) is 9.96. The van der Waals surface area contributed by atoms with Crippen LogP contribution in [0.25, 0.3) is 0 Å². The molecule has 19 heavy (non-hydrogen) atoms. The predicted molar refractivity (Wildman–Crippen MR) is 74.3 cm³/mol. The van der Waals surface area contributed by atoms with Crippen molar-refractivity contribution < 1.29 is 9.66 Å². The highest BCUT2D eigenvalue weighted by molar-refractivity contribution is 9.10. The van der Waals surface area contributed by atoms with E-state index in [2.05, 4.69) is 20.9 Å². The van der Waals surface area contributed by atoms with Gasteiger partial charge in [-0.3, -0.25) is 10.1 Å². The molecule has 0 radical (unpaired) electrons. The highest BCUT2D eigenvalue weighted by Gasteiger charge is 2.11. The molecule has 0 aliphatic rings. The fourth-order valence-corrected chi connectivity index (χ4v) is 1.95. The van der Waals surface area contributed by atoms with Crippen molar-refractivity contribution in [3.8, 4) is 11.6 Å². The lowest BCUT2D eigenvalue weighted by atomic mass is 10.3. The minimum Gasteiger partial charge on any atom is -0.437 e. The Morgan fingerprint density at radius 3 is 2.74 bits per heavy atom. The van der Waals surface area contributed by atoms with Crippen LogP contribution < -0.4 is 10.5 Å². The normalized spacial score (nSPS) is 10.2. The second-order valence-electron chi connectivity index (χ2n) is 3.91. The van der Waals surface area contributed by atoms with Crippen molar-refractivity contribution in [2.24, 2.45) is 0 Å². The fraction of sp³-hybridized carbons (Fsp3) is 0.0833. The molecule has 0 spiro atoms. The van der Waals surface area contributed by atoms with Crippen molar-refractivity contribution in [3.05, 3.63) is 50.6 Å². The number of hydrogen-bond acceptors (Lipinski definition) is 5. The summed E-state index contributed by atoms with van der Waals surface area (Å²) in [7, 11) is 0. The van der Waals surface area contributed by atoms with Crippen molar-refractivity contribution in [2.75, 3.05) is 5.73 Å². The summed E-state index contributed by atoms with van der Waals surface area (Å²) in [6.07, 6.45) is 1.61. The first kappa shape index (κ1) is 13.3. The molecule has 2 rings (SSSR count). The van der Waals surface area contributed by atoms with Crippen LogP contribution in [0.2, 0.25) is 0 Å². The van der Waals surface area contributed by atoms with Gasteiger partial charge in [-0.2, -0.15) is 0 Å². The lowest BCUT2D eigenvalue weighted by Gasteiger charge is -2.08. The molecule has 1 aromatic heterocycles. The number of nitro groups is 1. The van der Waals surface area contributed by atoms with Gasteiger partial charge in [0.1, 0.15) is 5.75 Å². The van der Waals surface area contributed by atoms with Crippen LogP contribution in [0.15, 0.2) is 34.9 Å². The average molecular weight is 324 g/mol. The third kappa shape index (κ3) is 3.19. The van der Waals surface area contributed by atoms with Gasteiger partial charge in [0.05, 0.1) is 16.7 Å². The van der Waals surface area contributed by atoms with Gasteiger partial charge >= 0.3 is 0 Å². The molecule has 0 unspecified atom stereocenters. The van der Waals surface area contributed by atoms with Gasteiger partial charge in [-0.1, -0.05) is 15.9 Å². The molecule has 2 aromatic rings. The van der Waals surface area contributed by atoms with Crippen LogP contribution in [0.4, 0.5) is 11.4 Å². The van der Waals surface area contributed by atoms with Gasteiger partial charge in [0.2, 0.25) is 5.88 Å². The predicted octanol–water partition coefficient (Wildman–Crippen LogP) is 3.44. The Labute approximate surface area is 117 Å². The molecule has 6 nitrogen and oxygen atoms in total. The van der Waals surface area contributed by atoms with Crippen molar-refractivity contribution in [3.63, 3.8) is 0 Å². The third-order valence-electron chi connectivity index (χ3n) is 2.30. The number of aryl methyl sites for hydroxylation is 1.